The topological polar surface area (TPSA) is 78.9 Å². The van der Waals surface area contributed by atoms with Crippen LogP contribution in [0.15, 0.2) is 42.5 Å². The molecule has 0 aliphatic rings. The number of hydrogen-bond acceptors (Lipinski definition) is 6. The Morgan fingerprint density at radius 2 is 1.38 bits per heavy atom. The van der Waals surface area contributed by atoms with Gasteiger partial charge >= 0.3 is 17.9 Å². The van der Waals surface area contributed by atoms with Gasteiger partial charge in [-0.05, 0) is 49.2 Å². The van der Waals surface area contributed by atoms with Crippen LogP contribution in [0.1, 0.15) is 44.9 Å². The molecule has 0 atom stereocenters. The molecule has 0 unspecified atom stereocenters. The van der Waals surface area contributed by atoms with Gasteiger partial charge in [0.2, 0.25) is 0 Å². The molecule has 0 N–H and O–H groups in total. The molecule has 0 saturated carbocycles. The van der Waals surface area contributed by atoms with Crippen molar-refractivity contribution in [2.45, 2.75) is 13.8 Å². The lowest BCUT2D eigenvalue weighted by Crippen LogP contribution is -2.14. The first kappa shape index (κ1) is 19.2. The van der Waals surface area contributed by atoms with Crippen LogP contribution in [0.25, 0.3) is 11.1 Å². The third-order valence-corrected chi connectivity index (χ3v) is 3.63. The minimum Gasteiger partial charge on any atom is -0.465 e. The molecular weight excluding hydrogens is 336 g/mol. The SMILES string of the molecule is CCOC(=O)c1ccc(-c2cccc(C(=O)OC)c2)cc1C(=O)OCC. The fourth-order valence-corrected chi connectivity index (χ4v) is 2.43. The van der Waals surface area contributed by atoms with Gasteiger partial charge < -0.3 is 14.2 Å². The van der Waals surface area contributed by atoms with Crippen LogP contribution >= 0.6 is 0 Å². The van der Waals surface area contributed by atoms with Gasteiger partial charge in [-0.1, -0.05) is 18.2 Å². The monoisotopic (exact) mass is 356 g/mol. The van der Waals surface area contributed by atoms with Crippen LogP contribution < -0.4 is 0 Å². The minimum atomic E-state index is -0.610. The molecule has 0 amide bonds. The number of hydrogen-bond donors (Lipinski definition) is 0. The molecule has 0 fully saturated rings. The average Bonchev–Trinajstić information content (AvgIpc) is 2.67. The van der Waals surface area contributed by atoms with Crippen molar-refractivity contribution in [2.24, 2.45) is 0 Å². The van der Waals surface area contributed by atoms with Crippen molar-refractivity contribution in [1.29, 1.82) is 0 Å². The number of esters is 3. The maximum atomic E-state index is 12.3. The van der Waals surface area contributed by atoms with Crippen LogP contribution in [0.5, 0.6) is 0 Å². The Bertz CT molecular complexity index is 825. The molecule has 0 aromatic heterocycles. The van der Waals surface area contributed by atoms with E-state index in [1.54, 1.807) is 50.2 Å². The predicted octanol–water partition coefficient (Wildman–Crippen LogP) is 3.49. The molecule has 2 rings (SSSR count). The van der Waals surface area contributed by atoms with Gasteiger partial charge in [-0.15, -0.1) is 0 Å². The molecule has 136 valence electrons. The zero-order valence-corrected chi connectivity index (χ0v) is 14.9. The van der Waals surface area contributed by atoms with Crippen molar-refractivity contribution in [3.8, 4) is 11.1 Å². The Kier molecular flexibility index (Phi) is 6.49. The van der Waals surface area contributed by atoms with Gasteiger partial charge in [0.25, 0.3) is 0 Å². The second-order valence-electron chi connectivity index (χ2n) is 5.27. The summed E-state index contributed by atoms with van der Waals surface area (Å²) in [5.74, 6) is -1.66. The van der Waals surface area contributed by atoms with Crippen molar-refractivity contribution < 1.29 is 28.6 Å². The van der Waals surface area contributed by atoms with E-state index in [0.717, 1.165) is 0 Å². The fourth-order valence-electron chi connectivity index (χ4n) is 2.43. The highest BCUT2D eigenvalue weighted by molar-refractivity contribution is 6.04. The van der Waals surface area contributed by atoms with E-state index in [1.807, 2.05) is 0 Å². The Morgan fingerprint density at radius 3 is 2.00 bits per heavy atom. The van der Waals surface area contributed by atoms with Crippen LogP contribution in [-0.2, 0) is 14.2 Å². The van der Waals surface area contributed by atoms with E-state index in [1.165, 1.54) is 13.2 Å². The lowest BCUT2D eigenvalue weighted by atomic mass is 9.98. The Hall–Kier alpha value is -3.15. The maximum Gasteiger partial charge on any atom is 0.339 e. The third-order valence-electron chi connectivity index (χ3n) is 3.63. The molecule has 0 heterocycles. The van der Waals surface area contributed by atoms with Gasteiger partial charge in [0, 0.05) is 0 Å². The summed E-state index contributed by atoms with van der Waals surface area (Å²) in [4.78, 5) is 36.1. The summed E-state index contributed by atoms with van der Waals surface area (Å²) >= 11 is 0. The smallest absolute Gasteiger partial charge is 0.339 e. The van der Waals surface area contributed by atoms with Gasteiger partial charge in [-0.3, -0.25) is 0 Å². The van der Waals surface area contributed by atoms with Crippen molar-refractivity contribution >= 4 is 17.9 Å². The second kappa shape index (κ2) is 8.80. The molecule has 0 aliphatic carbocycles. The summed E-state index contributed by atoms with van der Waals surface area (Å²) in [5, 5.41) is 0. The molecule has 6 nitrogen and oxygen atoms in total. The number of rotatable bonds is 6. The van der Waals surface area contributed by atoms with E-state index < -0.39 is 17.9 Å². The summed E-state index contributed by atoms with van der Waals surface area (Å²) in [5.41, 5.74) is 2.00. The number of methoxy groups -OCH3 is 1. The first-order valence-electron chi connectivity index (χ1n) is 8.18. The maximum absolute atomic E-state index is 12.3. The summed E-state index contributed by atoms with van der Waals surface area (Å²) in [6, 6.07) is 11.6. The van der Waals surface area contributed by atoms with Crippen molar-refractivity contribution in [3.05, 3.63) is 59.2 Å². The first-order valence-corrected chi connectivity index (χ1v) is 8.18. The van der Waals surface area contributed by atoms with Crippen molar-refractivity contribution in [3.63, 3.8) is 0 Å². The Labute approximate surface area is 151 Å². The van der Waals surface area contributed by atoms with E-state index in [2.05, 4.69) is 0 Å². The van der Waals surface area contributed by atoms with Crippen molar-refractivity contribution in [2.75, 3.05) is 20.3 Å². The number of benzene rings is 2. The van der Waals surface area contributed by atoms with Crippen LogP contribution in [0, 0.1) is 0 Å². The zero-order chi connectivity index (χ0) is 19.1. The lowest BCUT2D eigenvalue weighted by molar-refractivity contribution is 0.0479. The number of carbonyl (C=O) groups excluding carboxylic acids is 3. The Balaban J connectivity index is 2.51. The molecule has 0 saturated heterocycles. The molecule has 2 aromatic rings. The van der Waals surface area contributed by atoms with E-state index in [9.17, 15) is 14.4 Å². The molecule has 0 spiro atoms. The van der Waals surface area contributed by atoms with Crippen LogP contribution in [-0.4, -0.2) is 38.2 Å². The average molecular weight is 356 g/mol. The van der Waals surface area contributed by atoms with E-state index >= 15 is 0 Å². The van der Waals surface area contributed by atoms with E-state index in [-0.39, 0.29) is 24.3 Å². The van der Waals surface area contributed by atoms with Gasteiger partial charge in [0.05, 0.1) is 37.0 Å². The first-order chi connectivity index (χ1) is 12.5. The molecule has 6 heteroatoms. The van der Waals surface area contributed by atoms with Crippen molar-refractivity contribution in [1.82, 2.24) is 0 Å². The zero-order valence-electron chi connectivity index (χ0n) is 14.9. The number of carbonyl (C=O) groups is 3. The summed E-state index contributed by atoms with van der Waals surface area (Å²) < 4.78 is 14.8. The van der Waals surface area contributed by atoms with Gasteiger partial charge in [0.1, 0.15) is 0 Å². The molecule has 0 radical (unpaired) electrons. The quantitative estimate of drug-likeness (QED) is 0.582. The predicted molar refractivity (Wildman–Crippen MR) is 95.1 cm³/mol. The van der Waals surface area contributed by atoms with E-state index in [0.29, 0.717) is 16.7 Å². The van der Waals surface area contributed by atoms with Gasteiger partial charge in [0.15, 0.2) is 0 Å². The highest BCUT2D eigenvalue weighted by atomic mass is 16.5. The summed E-state index contributed by atoms with van der Waals surface area (Å²) in [6.07, 6.45) is 0. The van der Waals surface area contributed by atoms with Gasteiger partial charge in [-0.2, -0.15) is 0 Å². The largest absolute Gasteiger partial charge is 0.465 e. The molecule has 26 heavy (non-hydrogen) atoms. The standard InChI is InChI=1S/C20H20O6/c1-4-25-19(22)16-10-9-14(12-17(16)20(23)26-5-2)13-7-6-8-15(11-13)18(21)24-3/h6-12H,4-5H2,1-3H3. The van der Waals surface area contributed by atoms with Crippen LogP contribution in [0.2, 0.25) is 0 Å². The highest BCUT2D eigenvalue weighted by Crippen LogP contribution is 2.25. The fraction of sp³-hybridized carbons (Fsp3) is 0.250. The third kappa shape index (κ3) is 4.27. The molecule has 0 bridgehead atoms. The van der Waals surface area contributed by atoms with E-state index in [4.69, 9.17) is 14.2 Å². The highest BCUT2D eigenvalue weighted by Gasteiger charge is 2.20. The summed E-state index contributed by atoms with van der Waals surface area (Å²) in [7, 11) is 1.31. The number of ether oxygens (including phenoxy) is 3. The Morgan fingerprint density at radius 1 is 0.769 bits per heavy atom. The summed E-state index contributed by atoms with van der Waals surface area (Å²) in [6.45, 7) is 3.76. The van der Waals surface area contributed by atoms with Crippen LogP contribution in [0.4, 0.5) is 0 Å². The van der Waals surface area contributed by atoms with Crippen LogP contribution in [0.3, 0.4) is 0 Å². The molecule has 2 aromatic carbocycles. The lowest BCUT2D eigenvalue weighted by Gasteiger charge is -2.11. The van der Waals surface area contributed by atoms with Gasteiger partial charge in [-0.25, -0.2) is 14.4 Å². The normalized spacial score (nSPS) is 10.1. The molecule has 0 aliphatic heterocycles. The second-order valence-corrected chi connectivity index (χ2v) is 5.27. The minimum absolute atomic E-state index is 0.117. The molecular formula is C20H20O6.